The topological polar surface area (TPSA) is 74.4 Å². The molecule has 7 nitrogen and oxygen atoms in total. The van der Waals surface area contributed by atoms with E-state index in [-0.39, 0.29) is 11.9 Å². The van der Waals surface area contributed by atoms with Crippen LogP contribution in [0.1, 0.15) is 32.5 Å². The predicted octanol–water partition coefficient (Wildman–Crippen LogP) is 1.32. The third-order valence-corrected chi connectivity index (χ3v) is 3.68. The molecule has 0 radical (unpaired) electrons. The van der Waals surface area contributed by atoms with Crippen LogP contribution in [0, 0.1) is 11.8 Å². The minimum atomic E-state index is -0.0179. The monoisotopic (exact) mass is 307 g/mol. The molecule has 2 rings (SSSR count). The van der Waals surface area contributed by atoms with Crippen LogP contribution in [0.15, 0.2) is 12.4 Å². The summed E-state index contributed by atoms with van der Waals surface area (Å²) in [6, 6.07) is 0.140. The lowest BCUT2D eigenvalue weighted by Crippen LogP contribution is -2.49. The second kappa shape index (κ2) is 9.18. The highest BCUT2D eigenvalue weighted by Gasteiger charge is 2.28. The summed E-state index contributed by atoms with van der Waals surface area (Å²) in [5.74, 6) is 1.03. The molecule has 122 valence electrons. The molecule has 22 heavy (non-hydrogen) atoms. The summed E-state index contributed by atoms with van der Waals surface area (Å²) in [6.45, 7) is 10.2. The number of likely N-dealkylation sites (tertiary alicyclic amines) is 1. The van der Waals surface area contributed by atoms with Gasteiger partial charge in [0.25, 0.3) is 0 Å². The van der Waals surface area contributed by atoms with E-state index in [1.165, 1.54) is 0 Å². The molecule has 0 saturated carbocycles. The van der Waals surface area contributed by atoms with Crippen molar-refractivity contribution < 1.29 is 9.63 Å². The van der Waals surface area contributed by atoms with Crippen LogP contribution in [-0.4, -0.2) is 51.2 Å². The van der Waals surface area contributed by atoms with Crippen molar-refractivity contribution in [2.24, 2.45) is 7.05 Å². The molecule has 1 atom stereocenters. The van der Waals surface area contributed by atoms with E-state index in [1.807, 2.05) is 30.9 Å². The summed E-state index contributed by atoms with van der Waals surface area (Å²) >= 11 is 0. The summed E-state index contributed by atoms with van der Waals surface area (Å²) < 4.78 is 2.04. The van der Waals surface area contributed by atoms with Gasteiger partial charge in [-0.25, -0.2) is 15.3 Å². The first-order valence-corrected chi connectivity index (χ1v) is 7.49. The van der Waals surface area contributed by atoms with Gasteiger partial charge in [0.15, 0.2) is 0 Å². The van der Waals surface area contributed by atoms with E-state index in [4.69, 9.17) is 10.1 Å². The van der Waals surface area contributed by atoms with Crippen LogP contribution in [-0.2, 0) is 23.2 Å². The molecule has 0 bridgehead atoms. The molecule has 1 unspecified atom stereocenters. The molecule has 0 spiro atoms. The number of aryl methyl sites for hydroxylation is 1. The van der Waals surface area contributed by atoms with Crippen LogP contribution < -0.4 is 0 Å². The Hall–Kier alpha value is -1.91. The van der Waals surface area contributed by atoms with Crippen LogP contribution in [0.5, 0.6) is 0 Å². The van der Waals surface area contributed by atoms with Crippen LogP contribution in [0.25, 0.3) is 0 Å². The minimum absolute atomic E-state index is 0.0179. The lowest BCUT2D eigenvalue weighted by atomic mass is 10.1. The molecule has 7 heteroatoms. The Labute approximate surface area is 132 Å². The third kappa shape index (κ3) is 4.83. The van der Waals surface area contributed by atoms with E-state index in [0.29, 0.717) is 6.61 Å². The van der Waals surface area contributed by atoms with Gasteiger partial charge in [-0.2, -0.15) is 0 Å². The fourth-order valence-electron chi connectivity index (χ4n) is 2.71. The van der Waals surface area contributed by atoms with Crippen LogP contribution in [0.3, 0.4) is 0 Å². The van der Waals surface area contributed by atoms with Crippen LogP contribution in [0.4, 0.5) is 0 Å². The Balaban J connectivity index is 0.00000116. The van der Waals surface area contributed by atoms with Crippen LogP contribution >= 0.6 is 0 Å². The van der Waals surface area contributed by atoms with Gasteiger partial charge in [0.05, 0.1) is 19.2 Å². The number of imidazole rings is 1. The summed E-state index contributed by atoms with van der Waals surface area (Å²) in [5, 5.41) is 8.05. The first kappa shape index (κ1) is 18.1. The van der Waals surface area contributed by atoms with Gasteiger partial charge in [-0.15, -0.1) is 0 Å². The molecular formula is C15H25N5O2. The first-order chi connectivity index (χ1) is 10.6. The van der Waals surface area contributed by atoms with Gasteiger partial charge in [0, 0.05) is 39.5 Å². The Morgan fingerprint density at radius 1 is 1.59 bits per heavy atom. The molecule has 1 fully saturated rings. The highest BCUT2D eigenvalue weighted by molar-refractivity contribution is 5.72. The second-order valence-corrected chi connectivity index (χ2v) is 5.25. The maximum absolute atomic E-state index is 11.7. The van der Waals surface area contributed by atoms with Gasteiger partial charge in [0.2, 0.25) is 5.91 Å². The standard InChI is InChI=1S/C14H24N4O2.CHN/c1-4-20-18(12(2)19)13-6-5-8-17(10-13)11-14-15-7-9-16(14)3;1-2/h7,9,13H,4-6,8,10-11H2,1-3H3;1H. The fourth-order valence-corrected chi connectivity index (χ4v) is 2.71. The smallest absolute Gasteiger partial charge is 0.243 e. The van der Waals surface area contributed by atoms with Crippen molar-refractivity contribution in [3.8, 4) is 6.57 Å². The summed E-state index contributed by atoms with van der Waals surface area (Å²) in [6.07, 6.45) is 5.85. The zero-order chi connectivity index (χ0) is 16.5. The maximum Gasteiger partial charge on any atom is 0.243 e. The number of amides is 1. The number of aromatic nitrogens is 2. The van der Waals surface area contributed by atoms with Crippen molar-refractivity contribution >= 4 is 5.91 Å². The SMILES string of the molecule is C#N.CCON(C(C)=O)C1CCCN(Cc2nccn2C)C1. The Kier molecular flexibility index (Phi) is 7.57. The number of piperidine rings is 1. The van der Waals surface area contributed by atoms with Gasteiger partial charge in [-0.05, 0) is 26.3 Å². The van der Waals surface area contributed by atoms with Crippen LogP contribution in [0.2, 0.25) is 0 Å². The predicted molar refractivity (Wildman–Crippen MR) is 82.3 cm³/mol. The number of hydrogen-bond acceptors (Lipinski definition) is 5. The number of carbonyl (C=O) groups excluding carboxylic acids is 1. The van der Waals surface area contributed by atoms with Gasteiger partial charge in [-0.1, -0.05) is 0 Å². The van der Waals surface area contributed by atoms with Gasteiger partial charge in [-0.3, -0.25) is 14.5 Å². The molecule has 1 saturated heterocycles. The van der Waals surface area contributed by atoms with Crippen molar-refractivity contribution in [3.05, 3.63) is 18.2 Å². The van der Waals surface area contributed by atoms with Crippen molar-refractivity contribution in [2.75, 3.05) is 19.7 Å². The first-order valence-electron chi connectivity index (χ1n) is 7.49. The molecule has 0 aliphatic carbocycles. The van der Waals surface area contributed by atoms with E-state index >= 15 is 0 Å². The number of rotatable bonds is 5. The third-order valence-electron chi connectivity index (χ3n) is 3.68. The molecule has 1 aliphatic heterocycles. The van der Waals surface area contributed by atoms with Crippen molar-refractivity contribution in [1.29, 1.82) is 5.26 Å². The Morgan fingerprint density at radius 3 is 2.86 bits per heavy atom. The van der Waals surface area contributed by atoms with Gasteiger partial charge >= 0.3 is 0 Å². The molecular weight excluding hydrogens is 282 g/mol. The quantitative estimate of drug-likeness (QED) is 0.767. The summed E-state index contributed by atoms with van der Waals surface area (Å²) in [5.41, 5.74) is 0. The number of nitrogens with zero attached hydrogens (tertiary/aromatic N) is 5. The lowest BCUT2D eigenvalue weighted by molar-refractivity contribution is -0.201. The number of hydrogen-bond donors (Lipinski definition) is 0. The van der Waals surface area contributed by atoms with Crippen molar-refractivity contribution in [1.82, 2.24) is 19.5 Å². The largest absolute Gasteiger partial charge is 0.337 e. The zero-order valence-electron chi connectivity index (χ0n) is 13.6. The summed E-state index contributed by atoms with van der Waals surface area (Å²) in [4.78, 5) is 23.9. The average molecular weight is 307 g/mol. The highest BCUT2D eigenvalue weighted by atomic mass is 16.7. The maximum atomic E-state index is 11.7. The highest BCUT2D eigenvalue weighted by Crippen LogP contribution is 2.18. The molecule has 2 heterocycles. The lowest BCUT2D eigenvalue weighted by Gasteiger charge is -2.37. The minimum Gasteiger partial charge on any atom is -0.337 e. The normalized spacial score (nSPS) is 18.3. The molecule has 1 aliphatic rings. The zero-order valence-corrected chi connectivity index (χ0v) is 13.6. The average Bonchev–Trinajstić information content (AvgIpc) is 2.92. The number of nitriles is 1. The van der Waals surface area contributed by atoms with Crippen molar-refractivity contribution in [3.63, 3.8) is 0 Å². The molecule has 1 aromatic heterocycles. The second-order valence-electron chi connectivity index (χ2n) is 5.25. The molecule has 1 amide bonds. The fraction of sp³-hybridized carbons (Fsp3) is 0.667. The van der Waals surface area contributed by atoms with E-state index in [2.05, 4.69) is 16.5 Å². The van der Waals surface area contributed by atoms with Crippen molar-refractivity contribution in [2.45, 2.75) is 39.3 Å². The van der Waals surface area contributed by atoms with Gasteiger partial charge in [0.1, 0.15) is 5.82 Å². The van der Waals surface area contributed by atoms with Gasteiger partial charge < -0.3 is 4.57 Å². The Morgan fingerprint density at radius 2 is 2.32 bits per heavy atom. The summed E-state index contributed by atoms with van der Waals surface area (Å²) in [7, 11) is 2.01. The molecule has 0 N–H and O–H groups in total. The van der Waals surface area contributed by atoms with E-state index in [1.54, 1.807) is 12.0 Å². The van der Waals surface area contributed by atoms with E-state index < -0.39 is 0 Å². The van der Waals surface area contributed by atoms with E-state index in [0.717, 1.165) is 38.3 Å². The molecule has 0 aromatic carbocycles. The molecule has 1 aromatic rings. The number of carbonyl (C=O) groups is 1. The van der Waals surface area contributed by atoms with E-state index in [9.17, 15) is 4.79 Å². The Bertz CT molecular complexity index is 485. The number of hydroxylamine groups is 2.